The van der Waals surface area contributed by atoms with Crippen molar-refractivity contribution in [2.75, 3.05) is 12.0 Å². The Kier molecular flexibility index (Phi) is 3.57. The van der Waals surface area contributed by atoms with Crippen LogP contribution in [-0.4, -0.2) is 19.1 Å². The third-order valence-corrected chi connectivity index (χ3v) is 3.96. The van der Waals surface area contributed by atoms with E-state index < -0.39 is 6.04 Å². The molecule has 2 N–H and O–H groups in total. The predicted octanol–water partition coefficient (Wildman–Crippen LogP) is 2.76. The van der Waals surface area contributed by atoms with Gasteiger partial charge in [0.05, 0.1) is 13.2 Å². The standard InChI is InChI=1S/C16H15ClN2O2/c1-21-13-8-6-12(7-9-13)19-15(14(18)16(19)20)10-2-4-11(17)5-3-10/h2-9,14-15H,18H2,1H3/t14-,15-/m0/s1. The van der Waals surface area contributed by atoms with E-state index in [2.05, 4.69) is 0 Å². The summed E-state index contributed by atoms with van der Waals surface area (Å²) in [4.78, 5) is 13.8. The molecule has 1 aliphatic rings. The van der Waals surface area contributed by atoms with Gasteiger partial charge in [0.15, 0.2) is 0 Å². The summed E-state index contributed by atoms with van der Waals surface area (Å²) >= 11 is 5.90. The monoisotopic (exact) mass is 302 g/mol. The fourth-order valence-electron chi connectivity index (χ4n) is 2.56. The molecule has 1 heterocycles. The Bertz CT molecular complexity index is 655. The van der Waals surface area contributed by atoms with Crippen molar-refractivity contribution in [3.05, 3.63) is 59.1 Å². The van der Waals surface area contributed by atoms with E-state index in [-0.39, 0.29) is 11.9 Å². The lowest BCUT2D eigenvalue weighted by Gasteiger charge is -2.45. The van der Waals surface area contributed by atoms with Gasteiger partial charge in [0.25, 0.3) is 0 Å². The van der Waals surface area contributed by atoms with Gasteiger partial charge in [-0.15, -0.1) is 0 Å². The van der Waals surface area contributed by atoms with Gasteiger partial charge in [0.1, 0.15) is 11.8 Å². The number of anilines is 1. The number of hydrogen-bond acceptors (Lipinski definition) is 3. The Labute approximate surface area is 128 Å². The van der Waals surface area contributed by atoms with Gasteiger partial charge in [-0.05, 0) is 42.0 Å². The predicted molar refractivity (Wildman–Crippen MR) is 82.6 cm³/mol. The third kappa shape index (κ3) is 2.37. The van der Waals surface area contributed by atoms with E-state index in [1.165, 1.54) is 0 Å². The smallest absolute Gasteiger partial charge is 0.247 e. The van der Waals surface area contributed by atoms with Crippen LogP contribution in [0.15, 0.2) is 48.5 Å². The van der Waals surface area contributed by atoms with Crippen LogP contribution in [-0.2, 0) is 4.79 Å². The maximum absolute atomic E-state index is 12.1. The average Bonchev–Trinajstić information content (AvgIpc) is 2.53. The number of methoxy groups -OCH3 is 1. The van der Waals surface area contributed by atoms with Crippen LogP contribution in [0.5, 0.6) is 5.75 Å². The van der Waals surface area contributed by atoms with E-state index in [1.807, 2.05) is 36.4 Å². The van der Waals surface area contributed by atoms with Crippen LogP contribution >= 0.6 is 11.6 Å². The van der Waals surface area contributed by atoms with Gasteiger partial charge in [0, 0.05) is 10.7 Å². The van der Waals surface area contributed by atoms with Crippen molar-refractivity contribution >= 4 is 23.2 Å². The van der Waals surface area contributed by atoms with Crippen LogP contribution in [0.25, 0.3) is 0 Å². The molecule has 1 amide bonds. The van der Waals surface area contributed by atoms with Gasteiger partial charge < -0.3 is 15.4 Å². The summed E-state index contributed by atoms with van der Waals surface area (Å²) in [6.45, 7) is 0. The minimum atomic E-state index is -0.520. The number of amides is 1. The molecule has 0 bridgehead atoms. The largest absolute Gasteiger partial charge is 0.497 e. The topological polar surface area (TPSA) is 55.6 Å². The summed E-state index contributed by atoms with van der Waals surface area (Å²) in [7, 11) is 1.61. The van der Waals surface area contributed by atoms with Gasteiger partial charge in [-0.25, -0.2) is 0 Å². The molecule has 0 unspecified atom stereocenters. The molecule has 108 valence electrons. The Morgan fingerprint density at radius 3 is 2.29 bits per heavy atom. The number of rotatable bonds is 3. The molecule has 0 spiro atoms. The first-order valence-corrected chi connectivity index (χ1v) is 6.98. The second-order valence-corrected chi connectivity index (χ2v) is 5.36. The lowest BCUT2D eigenvalue weighted by atomic mass is 9.88. The summed E-state index contributed by atoms with van der Waals surface area (Å²) in [5.74, 6) is 0.666. The molecule has 2 aromatic carbocycles. The van der Waals surface area contributed by atoms with E-state index in [4.69, 9.17) is 22.1 Å². The van der Waals surface area contributed by atoms with E-state index in [1.54, 1.807) is 24.1 Å². The van der Waals surface area contributed by atoms with Crippen molar-refractivity contribution in [3.63, 3.8) is 0 Å². The molecule has 1 saturated heterocycles. The highest BCUT2D eigenvalue weighted by Crippen LogP contribution is 2.38. The number of benzene rings is 2. The van der Waals surface area contributed by atoms with Crippen molar-refractivity contribution in [3.8, 4) is 5.75 Å². The van der Waals surface area contributed by atoms with Gasteiger partial charge >= 0.3 is 0 Å². The Morgan fingerprint density at radius 2 is 1.71 bits per heavy atom. The van der Waals surface area contributed by atoms with Crippen molar-refractivity contribution in [2.24, 2.45) is 5.73 Å². The third-order valence-electron chi connectivity index (χ3n) is 3.70. The Morgan fingerprint density at radius 1 is 1.10 bits per heavy atom. The maximum atomic E-state index is 12.1. The molecular weight excluding hydrogens is 288 g/mol. The van der Waals surface area contributed by atoms with Crippen molar-refractivity contribution in [1.82, 2.24) is 0 Å². The van der Waals surface area contributed by atoms with Gasteiger partial charge in [0.2, 0.25) is 5.91 Å². The Hall–Kier alpha value is -2.04. The Balaban J connectivity index is 1.92. The number of nitrogens with two attached hydrogens (primary N) is 1. The highest BCUT2D eigenvalue weighted by Gasteiger charge is 2.46. The number of β-lactam (4-membered cyclic amide) rings is 1. The summed E-state index contributed by atoms with van der Waals surface area (Å²) < 4.78 is 5.13. The molecule has 4 nitrogen and oxygen atoms in total. The normalized spacial score (nSPS) is 21.1. The molecule has 0 aliphatic carbocycles. The minimum absolute atomic E-state index is 0.0832. The summed E-state index contributed by atoms with van der Waals surface area (Å²) in [5, 5.41) is 0.661. The summed E-state index contributed by atoms with van der Waals surface area (Å²) in [6, 6.07) is 14.1. The molecule has 3 rings (SSSR count). The lowest BCUT2D eigenvalue weighted by Crippen LogP contribution is -2.63. The molecule has 0 radical (unpaired) electrons. The molecule has 0 saturated carbocycles. The van der Waals surface area contributed by atoms with Crippen molar-refractivity contribution in [2.45, 2.75) is 12.1 Å². The molecule has 21 heavy (non-hydrogen) atoms. The molecule has 5 heteroatoms. The van der Waals surface area contributed by atoms with Crippen LogP contribution in [0.1, 0.15) is 11.6 Å². The first-order chi connectivity index (χ1) is 10.1. The van der Waals surface area contributed by atoms with Crippen LogP contribution in [0, 0.1) is 0 Å². The second-order valence-electron chi connectivity index (χ2n) is 4.93. The zero-order chi connectivity index (χ0) is 15.0. The molecule has 1 aliphatic heterocycles. The molecule has 1 fully saturated rings. The summed E-state index contributed by atoms with van der Waals surface area (Å²) in [6.07, 6.45) is 0. The summed E-state index contributed by atoms with van der Waals surface area (Å²) in [5.41, 5.74) is 7.75. The fraction of sp³-hybridized carbons (Fsp3) is 0.188. The lowest BCUT2D eigenvalue weighted by molar-refractivity contribution is -0.126. The van der Waals surface area contributed by atoms with Crippen molar-refractivity contribution < 1.29 is 9.53 Å². The number of nitrogens with zero attached hydrogens (tertiary/aromatic N) is 1. The van der Waals surface area contributed by atoms with Crippen LogP contribution in [0.3, 0.4) is 0 Å². The van der Waals surface area contributed by atoms with Gasteiger partial charge in [-0.1, -0.05) is 23.7 Å². The average molecular weight is 303 g/mol. The van der Waals surface area contributed by atoms with E-state index in [0.717, 1.165) is 17.0 Å². The van der Waals surface area contributed by atoms with Crippen LogP contribution in [0.4, 0.5) is 5.69 Å². The fourth-order valence-corrected chi connectivity index (χ4v) is 2.68. The highest BCUT2D eigenvalue weighted by atomic mass is 35.5. The highest BCUT2D eigenvalue weighted by molar-refractivity contribution is 6.30. The number of hydrogen-bond donors (Lipinski definition) is 1. The quantitative estimate of drug-likeness (QED) is 0.887. The number of halogens is 1. The van der Waals surface area contributed by atoms with Crippen LogP contribution in [0.2, 0.25) is 5.02 Å². The molecular formula is C16H15ClN2O2. The zero-order valence-electron chi connectivity index (χ0n) is 11.5. The number of carbonyl (C=O) groups excluding carboxylic acids is 1. The first-order valence-electron chi connectivity index (χ1n) is 6.60. The molecule has 2 aromatic rings. The van der Waals surface area contributed by atoms with E-state index in [0.29, 0.717) is 5.02 Å². The second kappa shape index (κ2) is 5.39. The zero-order valence-corrected chi connectivity index (χ0v) is 12.2. The van der Waals surface area contributed by atoms with Crippen molar-refractivity contribution in [1.29, 1.82) is 0 Å². The van der Waals surface area contributed by atoms with Gasteiger partial charge in [-0.3, -0.25) is 4.79 Å². The first kappa shape index (κ1) is 13.9. The van der Waals surface area contributed by atoms with Gasteiger partial charge in [-0.2, -0.15) is 0 Å². The van der Waals surface area contributed by atoms with Crippen LogP contribution < -0.4 is 15.4 Å². The molecule has 2 atom stereocenters. The minimum Gasteiger partial charge on any atom is -0.497 e. The number of carbonyl (C=O) groups is 1. The number of ether oxygens (including phenoxy) is 1. The SMILES string of the molecule is COc1ccc(N2C(=O)[C@@H](N)[C@@H]2c2ccc(Cl)cc2)cc1. The maximum Gasteiger partial charge on any atom is 0.247 e. The molecule has 0 aromatic heterocycles. The van der Waals surface area contributed by atoms with E-state index in [9.17, 15) is 4.79 Å². The van der Waals surface area contributed by atoms with E-state index >= 15 is 0 Å².